The van der Waals surface area contributed by atoms with Gasteiger partial charge in [-0.15, -0.1) is 21.5 Å². The minimum Gasteiger partial charge on any atom is -0.342 e. The lowest BCUT2D eigenvalue weighted by atomic mass is 9.97. The summed E-state index contributed by atoms with van der Waals surface area (Å²) in [6, 6.07) is 0. The number of rotatable bonds is 3. The van der Waals surface area contributed by atoms with Crippen LogP contribution in [0.1, 0.15) is 60.9 Å². The quantitative estimate of drug-likeness (QED) is 0.860. The molecule has 1 atom stereocenters. The zero-order chi connectivity index (χ0) is 13.9. The molecule has 1 aromatic heterocycles. The monoisotopic (exact) mass is 293 g/mol. The van der Waals surface area contributed by atoms with Crippen LogP contribution in [0.3, 0.4) is 0 Å². The van der Waals surface area contributed by atoms with Gasteiger partial charge in [-0.2, -0.15) is 0 Å². The number of aromatic nitrogens is 2. The summed E-state index contributed by atoms with van der Waals surface area (Å²) in [5.74, 6) is 1.41. The van der Waals surface area contributed by atoms with Crippen LogP contribution in [0.25, 0.3) is 0 Å². The van der Waals surface area contributed by atoms with Crippen molar-refractivity contribution in [3.63, 3.8) is 0 Å². The molecule has 0 bridgehead atoms. The van der Waals surface area contributed by atoms with Gasteiger partial charge in [-0.3, -0.25) is 4.79 Å². The molecule has 5 heteroatoms. The first-order chi connectivity index (χ1) is 9.72. The van der Waals surface area contributed by atoms with E-state index in [-0.39, 0.29) is 0 Å². The van der Waals surface area contributed by atoms with Crippen molar-refractivity contribution < 1.29 is 4.79 Å². The van der Waals surface area contributed by atoms with E-state index in [1.165, 1.54) is 25.7 Å². The third kappa shape index (κ3) is 3.19. The fourth-order valence-electron chi connectivity index (χ4n) is 3.47. The van der Waals surface area contributed by atoms with E-state index in [0.29, 0.717) is 17.7 Å². The number of likely N-dealkylation sites (tertiary alicyclic amines) is 1. The molecule has 20 heavy (non-hydrogen) atoms. The van der Waals surface area contributed by atoms with Gasteiger partial charge in [0.2, 0.25) is 5.91 Å². The average molecular weight is 293 g/mol. The first kappa shape index (κ1) is 14.0. The van der Waals surface area contributed by atoms with Gasteiger partial charge < -0.3 is 4.90 Å². The second-order valence-electron chi connectivity index (χ2n) is 6.19. The van der Waals surface area contributed by atoms with Crippen LogP contribution in [0.15, 0.2) is 0 Å². The molecular weight excluding hydrogens is 270 g/mol. The van der Waals surface area contributed by atoms with E-state index in [4.69, 9.17) is 0 Å². The number of hydrogen-bond acceptors (Lipinski definition) is 4. The van der Waals surface area contributed by atoms with E-state index >= 15 is 0 Å². The number of nitrogens with zero attached hydrogens (tertiary/aromatic N) is 3. The van der Waals surface area contributed by atoms with Gasteiger partial charge in [-0.05, 0) is 38.5 Å². The number of piperidine rings is 1. The van der Waals surface area contributed by atoms with Crippen LogP contribution in [0, 0.1) is 12.8 Å². The van der Waals surface area contributed by atoms with E-state index < -0.39 is 0 Å². The minimum atomic E-state index is 0.364. The summed E-state index contributed by atoms with van der Waals surface area (Å²) in [6.07, 6.45) is 8.12. The highest BCUT2D eigenvalue weighted by Gasteiger charge is 2.28. The van der Waals surface area contributed by atoms with Gasteiger partial charge in [-0.25, -0.2) is 0 Å². The fourth-order valence-corrected chi connectivity index (χ4v) is 4.30. The van der Waals surface area contributed by atoms with Gasteiger partial charge in [0.25, 0.3) is 0 Å². The van der Waals surface area contributed by atoms with Crippen molar-refractivity contribution in [3.05, 3.63) is 10.0 Å². The Morgan fingerprint density at radius 1 is 1.25 bits per heavy atom. The van der Waals surface area contributed by atoms with Crippen LogP contribution in [0.2, 0.25) is 0 Å². The van der Waals surface area contributed by atoms with Crippen molar-refractivity contribution in [2.45, 2.75) is 57.8 Å². The zero-order valence-electron chi connectivity index (χ0n) is 12.2. The van der Waals surface area contributed by atoms with E-state index in [9.17, 15) is 4.79 Å². The summed E-state index contributed by atoms with van der Waals surface area (Å²) in [7, 11) is 0. The molecule has 1 aliphatic heterocycles. The SMILES string of the molecule is Cc1nnc([C@@H]2CCCN(C(=O)CC3CCCC3)C2)s1. The molecule has 1 saturated heterocycles. The highest BCUT2D eigenvalue weighted by molar-refractivity contribution is 7.11. The van der Waals surface area contributed by atoms with Crippen LogP contribution >= 0.6 is 11.3 Å². The Hall–Kier alpha value is -0.970. The lowest BCUT2D eigenvalue weighted by Crippen LogP contribution is -2.39. The standard InChI is InChI=1S/C15H23N3OS/c1-11-16-17-15(20-11)13-7-4-8-18(10-13)14(19)9-12-5-2-3-6-12/h12-13H,2-10H2,1H3/t13-/m1/s1. The lowest BCUT2D eigenvalue weighted by molar-refractivity contribution is -0.133. The van der Waals surface area contributed by atoms with Crippen molar-refractivity contribution >= 4 is 17.2 Å². The van der Waals surface area contributed by atoms with Crippen LogP contribution < -0.4 is 0 Å². The maximum absolute atomic E-state index is 12.4. The van der Waals surface area contributed by atoms with Crippen molar-refractivity contribution in [3.8, 4) is 0 Å². The maximum atomic E-state index is 12.4. The molecular formula is C15H23N3OS. The Morgan fingerprint density at radius 2 is 2.05 bits per heavy atom. The predicted octanol–water partition coefficient (Wildman–Crippen LogP) is 3.13. The van der Waals surface area contributed by atoms with Crippen molar-refractivity contribution in [2.75, 3.05) is 13.1 Å². The van der Waals surface area contributed by atoms with Gasteiger partial charge in [0, 0.05) is 25.4 Å². The molecule has 0 N–H and O–H groups in total. The summed E-state index contributed by atoms with van der Waals surface area (Å²) < 4.78 is 0. The number of hydrogen-bond donors (Lipinski definition) is 0. The zero-order valence-corrected chi connectivity index (χ0v) is 13.0. The third-order valence-electron chi connectivity index (χ3n) is 4.60. The normalized spacial score (nSPS) is 24.2. The second-order valence-corrected chi connectivity index (χ2v) is 7.41. The molecule has 1 aliphatic carbocycles. The fraction of sp³-hybridized carbons (Fsp3) is 0.800. The van der Waals surface area contributed by atoms with Gasteiger partial charge in [0.1, 0.15) is 10.0 Å². The Kier molecular flexibility index (Phi) is 4.34. The number of carbonyl (C=O) groups is 1. The molecule has 0 unspecified atom stereocenters. The Balaban J connectivity index is 1.58. The molecule has 0 radical (unpaired) electrons. The van der Waals surface area contributed by atoms with Gasteiger partial charge >= 0.3 is 0 Å². The molecule has 2 aliphatic rings. The van der Waals surface area contributed by atoms with Gasteiger partial charge in [-0.1, -0.05) is 12.8 Å². The minimum absolute atomic E-state index is 0.364. The molecule has 4 nitrogen and oxygen atoms in total. The highest BCUT2D eigenvalue weighted by atomic mass is 32.1. The smallest absolute Gasteiger partial charge is 0.222 e. The van der Waals surface area contributed by atoms with E-state index in [1.807, 2.05) is 6.92 Å². The summed E-state index contributed by atoms with van der Waals surface area (Å²) in [6.45, 7) is 3.77. The topological polar surface area (TPSA) is 46.1 Å². The average Bonchev–Trinajstić information content (AvgIpc) is 3.10. The Labute approximate surface area is 124 Å². The second kappa shape index (κ2) is 6.20. The third-order valence-corrected chi connectivity index (χ3v) is 5.60. The van der Waals surface area contributed by atoms with Gasteiger partial charge in [0.15, 0.2) is 0 Å². The van der Waals surface area contributed by atoms with Crippen LogP contribution in [-0.4, -0.2) is 34.1 Å². The molecule has 110 valence electrons. The Morgan fingerprint density at radius 3 is 2.75 bits per heavy atom. The largest absolute Gasteiger partial charge is 0.342 e. The number of carbonyl (C=O) groups excluding carboxylic acids is 1. The maximum Gasteiger partial charge on any atom is 0.222 e. The molecule has 1 aromatic rings. The number of amides is 1. The van der Waals surface area contributed by atoms with Crippen molar-refractivity contribution in [2.24, 2.45) is 5.92 Å². The summed E-state index contributed by atoms with van der Waals surface area (Å²) >= 11 is 1.68. The van der Waals surface area contributed by atoms with E-state index in [0.717, 1.165) is 42.4 Å². The summed E-state index contributed by atoms with van der Waals surface area (Å²) in [4.78, 5) is 14.5. The lowest BCUT2D eigenvalue weighted by Gasteiger charge is -2.32. The molecule has 1 saturated carbocycles. The molecule has 2 heterocycles. The predicted molar refractivity (Wildman–Crippen MR) is 79.8 cm³/mol. The Bertz CT molecular complexity index is 467. The van der Waals surface area contributed by atoms with Crippen LogP contribution in [0.4, 0.5) is 0 Å². The van der Waals surface area contributed by atoms with Gasteiger partial charge in [0.05, 0.1) is 0 Å². The van der Waals surface area contributed by atoms with E-state index in [2.05, 4.69) is 15.1 Å². The molecule has 2 fully saturated rings. The molecule has 1 amide bonds. The van der Waals surface area contributed by atoms with Crippen LogP contribution in [-0.2, 0) is 4.79 Å². The van der Waals surface area contributed by atoms with Crippen molar-refractivity contribution in [1.82, 2.24) is 15.1 Å². The first-order valence-electron chi connectivity index (χ1n) is 7.80. The highest BCUT2D eigenvalue weighted by Crippen LogP contribution is 2.31. The van der Waals surface area contributed by atoms with E-state index in [1.54, 1.807) is 11.3 Å². The summed E-state index contributed by atoms with van der Waals surface area (Å²) in [5.41, 5.74) is 0. The van der Waals surface area contributed by atoms with Crippen molar-refractivity contribution in [1.29, 1.82) is 0 Å². The summed E-state index contributed by atoms with van der Waals surface area (Å²) in [5, 5.41) is 10.5. The number of aryl methyl sites for hydroxylation is 1. The van der Waals surface area contributed by atoms with Crippen LogP contribution in [0.5, 0.6) is 0 Å². The molecule has 0 aromatic carbocycles. The molecule has 0 spiro atoms. The molecule has 3 rings (SSSR count). The first-order valence-corrected chi connectivity index (χ1v) is 8.62.